The Morgan fingerprint density at radius 2 is 2.14 bits per heavy atom. The molecule has 0 saturated carbocycles. The van der Waals surface area contributed by atoms with Crippen LogP contribution in [-0.4, -0.2) is 29.7 Å². The van der Waals surface area contributed by atoms with E-state index in [2.05, 4.69) is 24.1 Å². The van der Waals surface area contributed by atoms with Gasteiger partial charge in [0.2, 0.25) is 0 Å². The molecule has 2 rings (SSSR count). The van der Waals surface area contributed by atoms with E-state index in [0.29, 0.717) is 18.0 Å². The van der Waals surface area contributed by atoms with Crippen molar-refractivity contribution in [1.82, 2.24) is 4.98 Å². The third-order valence-corrected chi connectivity index (χ3v) is 3.44. The lowest BCUT2D eigenvalue weighted by Gasteiger charge is -2.23. The van der Waals surface area contributed by atoms with Gasteiger partial charge in [-0.05, 0) is 24.1 Å². The summed E-state index contributed by atoms with van der Waals surface area (Å²) in [5.74, 6) is 0.367. The number of anilines is 1. The number of non-ortho nitro benzene ring substituents is 1. The van der Waals surface area contributed by atoms with Gasteiger partial charge in [-0.2, -0.15) is 0 Å². The summed E-state index contributed by atoms with van der Waals surface area (Å²) >= 11 is 0. The van der Waals surface area contributed by atoms with Gasteiger partial charge in [0, 0.05) is 30.4 Å². The fraction of sp³-hybridized carbons (Fsp3) is 0.400. The van der Waals surface area contributed by atoms with Gasteiger partial charge < -0.3 is 10.1 Å². The van der Waals surface area contributed by atoms with Crippen LogP contribution < -0.4 is 5.32 Å². The van der Waals surface area contributed by atoms with E-state index in [9.17, 15) is 10.1 Å². The van der Waals surface area contributed by atoms with Crippen LogP contribution in [0.2, 0.25) is 0 Å². The van der Waals surface area contributed by atoms with Crippen LogP contribution in [0, 0.1) is 16.0 Å². The summed E-state index contributed by atoms with van der Waals surface area (Å²) in [4.78, 5) is 14.8. The highest BCUT2D eigenvalue weighted by atomic mass is 16.6. The molecule has 1 aromatic carbocycles. The maximum Gasteiger partial charge on any atom is 0.295 e. The molecule has 1 N–H and O–H groups in total. The molecule has 1 heterocycles. The molecular weight excluding hydrogens is 270 g/mol. The molecule has 0 spiro atoms. The summed E-state index contributed by atoms with van der Waals surface area (Å²) in [6.45, 7) is 4.77. The number of benzene rings is 1. The van der Waals surface area contributed by atoms with Crippen LogP contribution in [0.15, 0.2) is 30.5 Å². The Hall–Kier alpha value is -2.21. The zero-order valence-electron chi connectivity index (χ0n) is 12.4. The highest BCUT2D eigenvalue weighted by Crippen LogP contribution is 2.30. The normalized spacial score (nSPS) is 12.6. The van der Waals surface area contributed by atoms with Crippen molar-refractivity contribution in [2.24, 2.45) is 5.92 Å². The minimum Gasteiger partial charge on any atom is -0.383 e. The highest BCUT2D eigenvalue weighted by Gasteiger charge is 2.18. The van der Waals surface area contributed by atoms with Gasteiger partial charge in [-0.15, -0.1) is 0 Å². The number of rotatable bonds is 6. The standard InChI is InChI=1S/C15H19N3O3/c1-10(2)13(9-21-3)17-12-6-7-14(18(19)20)15-11(12)5-4-8-16-15/h4-8,10,13,17H,9H2,1-3H3. The van der Waals surface area contributed by atoms with Crippen LogP contribution in [0.3, 0.4) is 0 Å². The van der Waals surface area contributed by atoms with E-state index in [1.165, 1.54) is 6.07 Å². The first kappa shape index (κ1) is 15.2. The number of nitrogens with zero attached hydrogens (tertiary/aromatic N) is 2. The monoisotopic (exact) mass is 289 g/mol. The molecular formula is C15H19N3O3. The number of methoxy groups -OCH3 is 1. The topological polar surface area (TPSA) is 77.3 Å². The number of aromatic nitrogens is 1. The molecule has 6 heteroatoms. The van der Waals surface area contributed by atoms with E-state index >= 15 is 0 Å². The molecule has 1 atom stereocenters. The summed E-state index contributed by atoms with van der Waals surface area (Å²) in [5.41, 5.74) is 1.25. The lowest BCUT2D eigenvalue weighted by atomic mass is 10.0. The number of ether oxygens (including phenoxy) is 1. The summed E-state index contributed by atoms with van der Waals surface area (Å²) < 4.78 is 5.23. The van der Waals surface area contributed by atoms with Crippen LogP contribution in [-0.2, 0) is 4.74 Å². The second-order valence-corrected chi connectivity index (χ2v) is 5.24. The van der Waals surface area contributed by atoms with Crippen molar-refractivity contribution in [3.05, 3.63) is 40.6 Å². The van der Waals surface area contributed by atoms with Gasteiger partial charge in [0.25, 0.3) is 5.69 Å². The van der Waals surface area contributed by atoms with Gasteiger partial charge in [-0.1, -0.05) is 13.8 Å². The second-order valence-electron chi connectivity index (χ2n) is 5.24. The van der Waals surface area contributed by atoms with Crippen LogP contribution in [0.5, 0.6) is 0 Å². The van der Waals surface area contributed by atoms with Crippen molar-refractivity contribution >= 4 is 22.3 Å². The van der Waals surface area contributed by atoms with Crippen LogP contribution in [0.1, 0.15) is 13.8 Å². The van der Waals surface area contributed by atoms with Crippen molar-refractivity contribution in [3.63, 3.8) is 0 Å². The lowest BCUT2D eigenvalue weighted by molar-refractivity contribution is -0.383. The molecule has 0 aliphatic carbocycles. The Labute approximate surface area is 123 Å². The van der Waals surface area contributed by atoms with Gasteiger partial charge in [-0.25, -0.2) is 4.98 Å². The van der Waals surface area contributed by atoms with Crippen LogP contribution in [0.4, 0.5) is 11.4 Å². The largest absolute Gasteiger partial charge is 0.383 e. The number of nitro benzene ring substituents is 1. The number of nitrogens with one attached hydrogen (secondary N) is 1. The molecule has 1 unspecified atom stereocenters. The molecule has 0 radical (unpaired) electrons. The Morgan fingerprint density at radius 1 is 1.38 bits per heavy atom. The quantitative estimate of drug-likeness (QED) is 0.652. The predicted molar refractivity (Wildman–Crippen MR) is 82.5 cm³/mol. The number of fused-ring (bicyclic) bond motifs is 1. The molecule has 1 aromatic heterocycles. The summed E-state index contributed by atoms with van der Waals surface area (Å²) in [6, 6.07) is 6.95. The van der Waals surface area contributed by atoms with Crippen LogP contribution >= 0.6 is 0 Å². The Kier molecular flexibility index (Phi) is 4.70. The molecule has 0 saturated heterocycles. The Morgan fingerprint density at radius 3 is 2.76 bits per heavy atom. The van der Waals surface area contributed by atoms with Gasteiger partial charge in [-0.3, -0.25) is 10.1 Å². The molecule has 21 heavy (non-hydrogen) atoms. The van der Waals surface area contributed by atoms with E-state index in [0.717, 1.165) is 11.1 Å². The highest BCUT2D eigenvalue weighted by molar-refractivity contribution is 5.97. The molecule has 6 nitrogen and oxygen atoms in total. The Bertz CT molecular complexity index is 643. The van der Waals surface area contributed by atoms with Crippen molar-refractivity contribution in [3.8, 4) is 0 Å². The first-order valence-corrected chi connectivity index (χ1v) is 6.82. The maximum atomic E-state index is 11.1. The van der Waals surface area contributed by atoms with Crippen molar-refractivity contribution in [2.75, 3.05) is 19.0 Å². The molecule has 0 bridgehead atoms. The van der Waals surface area contributed by atoms with Gasteiger partial charge in [0.1, 0.15) is 5.52 Å². The summed E-state index contributed by atoms with van der Waals surface area (Å²) in [7, 11) is 1.66. The summed E-state index contributed by atoms with van der Waals surface area (Å²) in [5, 5.41) is 15.2. The molecule has 0 aliphatic rings. The lowest BCUT2D eigenvalue weighted by Crippen LogP contribution is -2.30. The number of hydrogen-bond acceptors (Lipinski definition) is 5. The van der Waals surface area contributed by atoms with Gasteiger partial charge in [0.15, 0.2) is 0 Å². The van der Waals surface area contributed by atoms with E-state index in [-0.39, 0.29) is 11.7 Å². The first-order chi connectivity index (χ1) is 10.0. The zero-order chi connectivity index (χ0) is 15.4. The van der Waals surface area contributed by atoms with Crippen molar-refractivity contribution in [2.45, 2.75) is 19.9 Å². The predicted octanol–water partition coefficient (Wildman–Crippen LogP) is 3.23. The van der Waals surface area contributed by atoms with Gasteiger partial charge in [0.05, 0.1) is 17.6 Å². The van der Waals surface area contributed by atoms with Crippen molar-refractivity contribution < 1.29 is 9.66 Å². The average molecular weight is 289 g/mol. The van der Waals surface area contributed by atoms with Gasteiger partial charge >= 0.3 is 0 Å². The van der Waals surface area contributed by atoms with E-state index < -0.39 is 4.92 Å². The van der Waals surface area contributed by atoms with E-state index in [4.69, 9.17) is 4.74 Å². The van der Waals surface area contributed by atoms with Crippen LogP contribution in [0.25, 0.3) is 10.9 Å². The fourth-order valence-electron chi connectivity index (χ4n) is 2.21. The molecule has 0 amide bonds. The maximum absolute atomic E-state index is 11.1. The number of hydrogen-bond donors (Lipinski definition) is 1. The van der Waals surface area contributed by atoms with E-state index in [1.54, 1.807) is 25.4 Å². The zero-order valence-corrected chi connectivity index (χ0v) is 12.4. The smallest absolute Gasteiger partial charge is 0.295 e. The second kappa shape index (κ2) is 6.49. The molecule has 0 fully saturated rings. The molecule has 112 valence electrons. The average Bonchev–Trinajstić information content (AvgIpc) is 2.46. The van der Waals surface area contributed by atoms with E-state index in [1.807, 2.05) is 6.07 Å². The minimum absolute atomic E-state index is 0.0176. The minimum atomic E-state index is -0.409. The Balaban J connectivity index is 2.46. The number of nitro groups is 1. The third-order valence-electron chi connectivity index (χ3n) is 3.44. The SMILES string of the molecule is COCC(Nc1ccc([N+](=O)[O-])c2ncccc12)C(C)C. The number of pyridine rings is 1. The summed E-state index contributed by atoms with van der Waals surface area (Å²) in [6.07, 6.45) is 1.56. The third kappa shape index (κ3) is 3.28. The molecule has 0 aliphatic heterocycles. The first-order valence-electron chi connectivity index (χ1n) is 6.82. The fourth-order valence-corrected chi connectivity index (χ4v) is 2.21. The van der Waals surface area contributed by atoms with Crippen molar-refractivity contribution in [1.29, 1.82) is 0 Å². The molecule has 2 aromatic rings.